The van der Waals surface area contributed by atoms with E-state index in [0.717, 1.165) is 12.8 Å². The molecule has 98 valence electrons. The fourth-order valence-electron chi connectivity index (χ4n) is 2.85. The molecular weight excluding hydrogens is 242 g/mol. The van der Waals surface area contributed by atoms with Crippen LogP contribution in [0.25, 0.3) is 0 Å². The highest BCUT2D eigenvalue weighted by molar-refractivity contribution is 8.00. The van der Waals surface area contributed by atoms with Gasteiger partial charge in [-0.15, -0.1) is 11.8 Å². The lowest BCUT2D eigenvalue weighted by Gasteiger charge is -2.28. The highest BCUT2D eigenvalue weighted by atomic mass is 32.2. The first-order valence-corrected chi connectivity index (χ1v) is 7.78. The summed E-state index contributed by atoms with van der Waals surface area (Å²) < 4.78 is 0. The lowest BCUT2D eigenvalue weighted by atomic mass is 9.99. The van der Waals surface area contributed by atoms with E-state index < -0.39 is 0 Å². The predicted molar refractivity (Wildman–Crippen MR) is 75.9 cm³/mol. The van der Waals surface area contributed by atoms with Crippen molar-refractivity contribution in [3.63, 3.8) is 0 Å². The zero-order valence-corrected chi connectivity index (χ0v) is 11.5. The van der Waals surface area contributed by atoms with E-state index in [9.17, 15) is 5.11 Å². The summed E-state index contributed by atoms with van der Waals surface area (Å²) in [7, 11) is 0. The van der Waals surface area contributed by atoms with Gasteiger partial charge in [-0.3, -0.25) is 0 Å². The number of nitrogens with one attached hydrogen (secondary N) is 1. The molecule has 0 radical (unpaired) electrons. The lowest BCUT2D eigenvalue weighted by Crippen LogP contribution is -2.47. The van der Waals surface area contributed by atoms with E-state index in [0.29, 0.717) is 11.3 Å². The molecule has 18 heavy (non-hydrogen) atoms. The van der Waals surface area contributed by atoms with Gasteiger partial charge in [0.05, 0.1) is 6.61 Å². The van der Waals surface area contributed by atoms with E-state index in [-0.39, 0.29) is 12.1 Å². The monoisotopic (exact) mass is 263 g/mol. The largest absolute Gasteiger partial charge is 0.394 e. The fraction of sp³-hybridized carbons (Fsp3) is 0.600. The van der Waals surface area contributed by atoms with Crippen LogP contribution in [0, 0.1) is 0 Å². The molecule has 0 bridgehead atoms. The molecule has 3 heteroatoms. The maximum Gasteiger partial charge on any atom is 0.0613 e. The molecule has 2 aliphatic rings. The summed E-state index contributed by atoms with van der Waals surface area (Å²) in [5.74, 6) is 0. The molecule has 0 aliphatic heterocycles. The molecule has 2 nitrogen and oxygen atoms in total. The van der Waals surface area contributed by atoms with Gasteiger partial charge in [-0.05, 0) is 44.2 Å². The van der Waals surface area contributed by atoms with E-state index in [1.165, 1.54) is 24.2 Å². The molecular formula is C15H21NOS. The summed E-state index contributed by atoms with van der Waals surface area (Å²) in [6.45, 7) is 0.287. The van der Waals surface area contributed by atoms with Crippen molar-refractivity contribution < 1.29 is 5.11 Å². The molecule has 0 amide bonds. The van der Waals surface area contributed by atoms with Crippen molar-refractivity contribution in [2.75, 3.05) is 6.61 Å². The average Bonchev–Trinajstić information content (AvgIpc) is 3.12. The quantitative estimate of drug-likeness (QED) is 0.857. The first-order valence-electron chi connectivity index (χ1n) is 6.90. The van der Waals surface area contributed by atoms with Crippen molar-refractivity contribution in [2.24, 2.45) is 0 Å². The van der Waals surface area contributed by atoms with Gasteiger partial charge in [0.15, 0.2) is 0 Å². The number of hydrogen-bond donors (Lipinski definition) is 2. The summed E-state index contributed by atoms with van der Waals surface area (Å²) in [4.78, 5) is 1.35. The van der Waals surface area contributed by atoms with Crippen LogP contribution < -0.4 is 5.32 Å². The van der Waals surface area contributed by atoms with Crippen molar-refractivity contribution in [1.29, 1.82) is 0 Å². The number of rotatable bonds is 5. The fourth-order valence-corrected chi connectivity index (χ4v) is 4.19. The van der Waals surface area contributed by atoms with E-state index in [4.69, 9.17) is 0 Å². The Bertz CT molecular complexity index is 393. The van der Waals surface area contributed by atoms with Crippen LogP contribution in [0.4, 0.5) is 0 Å². The van der Waals surface area contributed by atoms with Gasteiger partial charge in [0, 0.05) is 21.7 Å². The molecule has 0 saturated heterocycles. The van der Waals surface area contributed by atoms with Gasteiger partial charge >= 0.3 is 0 Å². The number of aliphatic hydroxyl groups is 1. The second kappa shape index (κ2) is 5.24. The Morgan fingerprint density at radius 1 is 1.22 bits per heavy atom. The Kier molecular flexibility index (Phi) is 3.64. The van der Waals surface area contributed by atoms with Crippen molar-refractivity contribution >= 4 is 11.8 Å². The minimum atomic E-state index is 0.00755. The molecule has 2 saturated carbocycles. The Labute approximate surface area is 113 Å². The highest BCUT2D eigenvalue weighted by Gasteiger charge is 2.42. The zero-order chi connectivity index (χ0) is 12.4. The van der Waals surface area contributed by atoms with Crippen LogP contribution in [0.15, 0.2) is 35.2 Å². The molecule has 2 aliphatic carbocycles. The predicted octanol–water partition coefficient (Wildman–Crippen LogP) is 2.81. The Morgan fingerprint density at radius 3 is 2.67 bits per heavy atom. The SMILES string of the molecule is OCC1(NC2CC2)CCC(Sc2ccccc2)C1. The van der Waals surface area contributed by atoms with Gasteiger partial charge in [-0.25, -0.2) is 0 Å². The minimum Gasteiger partial charge on any atom is -0.394 e. The van der Waals surface area contributed by atoms with Crippen molar-refractivity contribution in [2.45, 2.75) is 53.8 Å². The minimum absolute atomic E-state index is 0.00755. The number of benzene rings is 1. The molecule has 2 unspecified atom stereocenters. The molecule has 1 aromatic rings. The summed E-state index contributed by atoms with van der Waals surface area (Å²) in [6.07, 6.45) is 6.00. The molecule has 0 heterocycles. The molecule has 2 N–H and O–H groups in total. The van der Waals surface area contributed by atoms with Crippen LogP contribution in [0.1, 0.15) is 32.1 Å². The smallest absolute Gasteiger partial charge is 0.0613 e. The standard InChI is InChI=1S/C15H21NOS/c17-11-15(16-12-6-7-12)9-8-14(10-15)18-13-4-2-1-3-5-13/h1-5,12,14,16-17H,6-11H2. The first kappa shape index (κ1) is 12.5. The van der Waals surface area contributed by atoms with Crippen LogP contribution in [0.3, 0.4) is 0 Å². The lowest BCUT2D eigenvalue weighted by molar-refractivity contribution is 0.163. The van der Waals surface area contributed by atoms with Crippen molar-refractivity contribution in [3.05, 3.63) is 30.3 Å². The second-order valence-corrected chi connectivity index (χ2v) is 7.03. The van der Waals surface area contributed by atoms with Gasteiger partial charge in [0.25, 0.3) is 0 Å². The third kappa shape index (κ3) is 2.90. The van der Waals surface area contributed by atoms with Gasteiger partial charge in [0.1, 0.15) is 0 Å². The van der Waals surface area contributed by atoms with Crippen LogP contribution >= 0.6 is 11.8 Å². The van der Waals surface area contributed by atoms with Crippen molar-refractivity contribution in [1.82, 2.24) is 5.32 Å². The van der Waals surface area contributed by atoms with Gasteiger partial charge < -0.3 is 10.4 Å². The van der Waals surface area contributed by atoms with E-state index in [1.807, 2.05) is 11.8 Å². The highest BCUT2D eigenvalue weighted by Crippen LogP contribution is 2.41. The molecule has 2 atom stereocenters. The Balaban J connectivity index is 1.59. The maximum absolute atomic E-state index is 9.71. The first-order chi connectivity index (χ1) is 8.80. The van der Waals surface area contributed by atoms with Crippen LogP contribution in [0.5, 0.6) is 0 Å². The number of thioether (sulfide) groups is 1. The summed E-state index contributed by atoms with van der Waals surface area (Å²) >= 11 is 1.97. The second-order valence-electron chi connectivity index (χ2n) is 5.65. The number of aliphatic hydroxyl groups excluding tert-OH is 1. The van der Waals surface area contributed by atoms with Crippen molar-refractivity contribution in [3.8, 4) is 0 Å². The maximum atomic E-state index is 9.71. The van der Waals surface area contributed by atoms with Gasteiger partial charge in [-0.2, -0.15) is 0 Å². The average molecular weight is 263 g/mol. The van der Waals surface area contributed by atoms with E-state index in [2.05, 4.69) is 35.6 Å². The number of hydrogen-bond acceptors (Lipinski definition) is 3. The van der Waals surface area contributed by atoms with Gasteiger partial charge in [-0.1, -0.05) is 18.2 Å². The molecule has 1 aromatic carbocycles. The molecule has 0 spiro atoms. The normalized spacial score (nSPS) is 31.7. The van der Waals surface area contributed by atoms with Gasteiger partial charge in [0.2, 0.25) is 0 Å². The van der Waals surface area contributed by atoms with Crippen LogP contribution in [-0.4, -0.2) is 28.5 Å². The third-order valence-electron chi connectivity index (χ3n) is 4.00. The molecule has 3 rings (SSSR count). The molecule has 2 fully saturated rings. The summed E-state index contributed by atoms with van der Waals surface area (Å²) in [5.41, 5.74) is 0.00755. The van der Waals surface area contributed by atoms with E-state index >= 15 is 0 Å². The third-order valence-corrected chi connectivity index (χ3v) is 5.28. The van der Waals surface area contributed by atoms with Crippen LogP contribution in [-0.2, 0) is 0 Å². The molecule has 0 aromatic heterocycles. The summed E-state index contributed by atoms with van der Waals surface area (Å²) in [5, 5.41) is 14.0. The van der Waals surface area contributed by atoms with Crippen LogP contribution in [0.2, 0.25) is 0 Å². The summed E-state index contributed by atoms with van der Waals surface area (Å²) in [6, 6.07) is 11.3. The van der Waals surface area contributed by atoms with E-state index in [1.54, 1.807) is 0 Å². The topological polar surface area (TPSA) is 32.3 Å². The Morgan fingerprint density at radius 2 is 2.00 bits per heavy atom. The zero-order valence-electron chi connectivity index (χ0n) is 10.6. The Hall–Kier alpha value is -0.510.